The van der Waals surface area contributed by atoms with Crippen molar-refractivity contribution in [1.29, 1.82) is 0 Å². The zero-order chi connectivity index (χ0) is 15.1. The monoisotopic (exact) mass is 329 g/mol. The van der Waals surface area contributed by atoms with Crippen molar-refractivity contribution in [3.63, 3.8) is 0 Å². The van der Waals surface area contributed by atoms with Crippen LogP contribution in [0.25, 0.3) is 0 Å². The van der Waals surface area contributed by atoms with Gasteiger partial charge in [0.25, 0.3) is 0 Å². The second kappa shape index (κ2) is 8.28. The van der Waals surface area contributed by atoms with E-state index in [-0.39, 0.29) is 5.54 Å². The fourth-order valence-electron chi connectivity index (χ4n) is 3.19. The summed E-state index contributed by atoms with van der Waals surface area (Å²) in [6.45, 7) is 0.805. The van der Waals surface area contributed by atoms with Gasteiger partial charge < -0.3 is 9.87 Å². The first kappa shape index (κ1) is 16.9. The molecule has 0 amide bonds. The molecule has 0 saturated heterocycles. The molecule has 1 saturated carbocycles. The molecule has 1 fully saturated rings. The molecule has 5 heteroatoms. The summed E-state index contributed by atoms with van der Waals surface area (Å²) < 4.78 is 19.6. The first-order chi connectivity index (χ1) is 10.1. The highest BCUT2D eigenvalue weighted by Crippen LogP contribution is 2.31. The summed E-state index contributed by atoms with van der Waals surface area (Å²) >= 11 is 4.27. The van der Waals surface area contributed by atoms with E-state index in [0.29, 0.717) is 5.75 Å². The van der Waals surface area contributed by atoms with Crippen molar-refractivity contribution in [2.24, 2.45) is 0 Å². The Bertz CT molecular complexity index is 458. The molecule has 2 N–H and O–H groups in total. The van der Waals surface area contributed by atoms with Crippen molar-refractivity contribution in [3.05, 3.63) is 34.9 Å². The normalized spacial score (nSPS) is 19.3. The van der Waals surface area contributed by atoms with Crippen LogP contribution in [0.1, 0.15) is 44.1 Å². The highest BCUT2D eigenvalue weighted by molar-refractivity contribution is 7.79. The SMILES string of the molecule is O=S(O)CCCNC1(Cc2ccc(Cl)cc2)CCCCC1. The fourth-order valence-corrected chi connectivity index (χ4v) is 3.70. The largest absolute Gasteiger partial charge is 0.311 e. The smallest absolute Gasteiger partial charge is 0.152 e. The van der Waals surface area contributed by atoms with Crippen LogP contribution < -0.4 is 5.32 Å². The first-order valence-electron chi connectivity index (χ1n) is 7.67. The van der Waals surface area contributed by atoms with Gasteiger partial charge in [0, 0.05) is 10.6 Å². The summed E-state index contributed by atoms with van der Waals surface area (Å²) in [7, 11) is 0. The molecule has 1 aliphatic carbocycles. The summed E-state index contributed by atoms with van der Waals surface area (Å²) in [4.78, 5) is 0. The third-order valence-corrected chi connectivity index (χ3v) is 5.15. The Morgan fingerprint density at radius 3 is 2.48 bits per heavy atom. The summed E-state index contributed by atoms with van der Waals surface area (Å²) in [5, 5.41) is 4.45. The molecule has 0 bridgehead atoms. The zero-order valence-electron chi connectivity index (χ0n) is 12.3. The van der Waals surface area contributed by atoms with E-state index < -0.39 is 11.1 Å². The summed E-state index contributed by atoms with van der Waals surface area (Å²) in [5.74, 6) is 0.351. The topological polar surface area (TPSA) is 49.3 Å². The molecule has 0 spiro atoms. The van der Waals surface area contributed by atoms with Gasteiger partial charge >= 0.3 is 0 Å². The Morgan fingerprint density at radius 1 is 1.19 bits per heavy atom. The summed E-state index contributed by atoms with van der Waals surface area (Å²) in [5.41, 5.74) is 1.45. The van der Waals surface area contributed by atoms with Crippen molar-refractivity contribution < 1.29 is 8.76 Å². The maximum absolute atomic E-state index is 10.7. The maximum Gasteiger partial charge on any atom is 0.152 e. The fraction of sp³-hybridized carbons (Fsp3) is 0.625. The van der Waals surface area contributed by atoms with E-state index in [2.05, 4.69) is 17.4 Å². The minimum Gasteiger partial charge on any atom is -0.311 e. The Hall–Kier alpha value is -0.420. The highest BCUT2D eigenvalue weighted by Gasteiger charge is 2.31. The van der Waals surface area contributed by atoms with Crippen LogP contribution >= 0.6 is 11.6 Å². The van der Waals surface area contributed by atoms with Crippen molar-refractivity contribution in [1.82, 2.24) is 5.32 Å². The highest BCUT2D eigenvalue weighted by atomic mass is 35.5. The average Bonchev–Trinajstić information content (AvgIpc) is 2.47. The second-order valence-corrected chi connectivity index (χ2v) is 7.44. The van der Waals surface area contributed by atoms with E-state index in [4.69, 9.17) is 16.2 Å². The van der Waals surface area contributed by atoms with Gasteiger partial charge in [0.05, 0.1) is 5.75 Å². The van der Waals surface area contributed by atoms with Crippen LogP contribution in [0.4, 0.5) is 0 Å². The third kappa shape index (κ3) is 5.70. The van der Waals surface area contributed by atoms with Crippen LogP contribution in [0.3, 0.4) is 0 Å². The second-order valence-electron chi connectivity index (χ2n) is 5.95. The van der Waals surface area contributed by atoms with Crippen LogP contribution in [0.15, 0.2) is 24.3 Å². The third-order valence-electron chi connectivity index (χ3n) is 4.26. The van der Waals surface area contributed by atoms with Crippen molar-refractivity contribution in [3.8, 4) is 0 Å². The number of nitrogens with one attached hydrogen (secondary N) is 1. The lowest BCUT2D eigenvalue weighted by Crippen LogP contribution is -2.49. The minimum absolute atomic E-state index is 0.142. The molecule has 1 atom stereocenters. The predicted octanol–water partition coefficient (Wildman–Crippen LogP) is 3.79. The van der Waals surface area contributed by atoms with Crippen LogP contribution in [-0.2, 0) is 17.5 Å². The quantitative estimate of drug-likeness (QED) is 0.591. The Kier molecular flexibility index (Phi) is 6.68. The number of hydrogen-bond donors (Lipinski definition) is 2. The molecule has 1 unspecified atom stereocenters. The molecule has 0 aliphatic heterocycles. The molecule has 118 valence electrons. The van der Waals surface area contributed by atoms with Gasteiger partial charge in [0.15, 0.2) is 11.1 Å². The van der Waals surface area contributed by atoms with Crippen LogP contribution in [0.2, 0.25) is 5.02 Å². The van der Waals surface area contributed by atoms with Gasteiger partial charge in [-0.3, -0.25) is 0 Å². The Morgan fingerprint density at radius 2 is 1.86 bits per heavy atom. The van der Waals surface area contributed by atoms with Gasteiger partial charge in [0.2, 0.25) is 0 Å². The lowest BCUT2D eigenvalue weighted by molar-refractivity contribution is 0.230. The summed E-state index contributed by atoms with van der Waals surface area (Å²) in [6.07, 6.45) is 7.93. The van der Waals surface area contributed by atoms with Crippen LogP contribution in [0.5, 0.6) is 0 Å². The molecule has 1 aromatic rings. The minimum atomic E-state index is -1.68. The van der Waals surface area contributed by atoms with E-state index in [9.17, 15) is 4.21 Å². The zero-order valence-corrected chi connectivity index (χ0v) is 13.9. The van der Waals surface area contributed by atoms with Crippen LogP contribution in [-0.4, -0.2) is 26.6 Å². The van der Waals surface area contributed by atoms with Crippen molar-refractivity contribution in [2.75, 3.05) is 12.3 Å². The average molecular weight is 330 g/mol. The van der Waals surface area contributed by atoms with E-state index >= 15 is 0 Å². The molecule has 1 aliphatic rings. The van der Waals surface area contributed by atoms with Gasteiger partial charge in [-0.15, -0.1) is 0 Å². The molecule has 2 rings (SSSR count). The number of benzene rings is 1. The molecule has 0 radical (unpaired) electrons. The van der Waals surface area contributed by atoms with Gasteiger partial charge in [-0.2, -0.15) is 0 Å². The van der Waals surface area contributed by atoms with E-state index in [1.54, 1.807) is 0 Å². The molecular weight excluding hydrogens is 306 g/mol. The maximum atomic E-state index is 10.7. The molecule has 21 heavy (non-hydrogen) atoms. The van der Waals surface area contributed by atoms with Gasteiger partial charge in [-0.1, -0.05) is 43.0 Å². The Labute approximate surface area is 134 Å². The van der Waals surface area contributed by atoms with Crippen LogP contribution in [0, 0.1) is 0 Å². The molecule has 3 nitrogen and oxygen atoms in total. The standard InChI is InChI=1S/C16H24ClNO2S/c17-15-7-5-14(6-8-15)13-16(9-2-1-3-10-16)18-11-4-12-21(19)20/h5-8,18H,1-4,9-13H2,(H,19,20). The van der Waals surface area contributed by atoms with E-state index in [1.165, 1.54) is 37.7 Å². The predicted molar refractivity (Wildman–Crippen MR) is 89.2 cm³/mol. The van der Waals surface area contributed by atoms with Crippen molar-refractivity contribution >= 4 is 22.7 Å². The van der Waals surface area contributed by atoms with Crippen molar-refractivity contribution in [2.45, 2.75) is 50.5 Å². The molecular formula is C16H24ClNO2S. The van der Waals surface area contributed by atoms with Gasteiger partial charge in [-0.25, -0.2) is 4.21 Å². The van der Waals surface area contributed by atoms with Gasteiger partial charge in [-0.05, 0) is 49.9 Å². The molecule has 0 heterocycles. The number of rotatable bonds is 7. The number of halogens is 1. The molecule has 0 aromatic heterocycles. The number of hydrogen-bond acceptors (Lipinski definition) is 2. The van der Waals surface area contributed by atoms with E-state index in [1.807, 2.05) is 12.1 Å². The van der Waals surface area contributed by atoms with E-state index in [0.717, 1.165) is 24.4 Å². The molecule has 1 aromatic carbocycles. The summed E-state index contributed by atoms with van der Waals surface area (Å²) in [6, 6.07) is 8.09. The lowest BCUT2D eigenvalue weighted by atomic mass is 9.77. The Balaban J connectivity index is 1.95. The lowest BCUT2D eigenvalue weighted by Gasteiger charge is -2.39. The first-order valence-corrected chi connectivity index (χ1v) is 9.32. The van der Waals surface area contributed by atoms with Gasteiger partial charge in [0.1, 0.15) is 0 Å².